The van der Waals surface area contributed by atoms with Gasteiger partial charge < -0.3 is 4.90 Å². The number of rotatable bonds is 4. The fourth-order valence-electron chi connectivity index (χ4n) is 1.25. The van der Waals surface area contributed by atoms with Gasteiger partial charge in [0.2, 0.25) is 5.91 Å². The summed E-state index contributed by atoms with van der Waals surface area (Å²) in [6, 6.07) is 8.83. The summed E-state index contributed by atoms with van der Waals surface area (Å²) in [6.07, 6.45) is 0.269. The van der Waals surface area contributed by atoms with Crippen LogP contribution in [0.15, 0.2) is 24.3 Å². The summed E-state index contributed by atoms with van der Waals surface area (Å²) in [7, 11) is 0. The number of amides is 1. The maximum Gasteiger partial charge on any atom is 0.241 e. The molecule has 0 bridgehead atoms. The number of hydrogen-bond donors (Lipinski definition) is 0. The molecule has 0 aliphatic carbocycles. The van der Waals surface area contributed by atoms with Crippen molar-refractivity contribution in [3.8, 4) is 6.07 Å². The van der Waals surface area contributed by atoms with Crippen molar-refractivity contribution in [1.82, 2.24) is 0 Å². The van der Waals surface area contributed by atoms with E-state index in [0.717, 1.165) is 0 Å². The lowest BCUT2D eigenvalue weighted by Gasteiger charge is -2.20. The fourth-order valence-corrected chi connectivity index (χ4v) is 1.52. The standard InChI is InChI=1S/C11H10Cl2N2O/c12-8-11(16)15(7-1-6-14)10-4-2-9(13)3-5-10/h2-5H,1,7-8H2. The van der Waals surface area contributed by atoms with E-state index in [-0.39, 0.29) is 18.2 Å². The third-order valence-corrected chi connectivity index (χ3v) is 2.48. The predicted molar refractivity (Wildman–Crippen MR) is 64.8 cm³/mol. The van der Waals surface area contributed by atoms with Crippen LogP contribution in [0.1, 0.15) is 6.42 Å². The zero-order chi connectivity index (χ0) is 12.0. The van der Waals surface area contributed by atoms with Crippen LogP contribution in [-0.4, -0.2) is 18.3 Å². The Bertz CT molecular complexity index is 397. The summed E-state index contributed by atoms with van der Waals surface area (Å²) in [5.41, 5.74) is 0.699. The van der Waals surface area contributed by atoms with Crippen LogP contribution in [0, 0.1) is 11.3 Å². The van der Waals surface area contributed by atoms with Gasteiger partial charge >= 0.3 is 0 Å². The number of alkyl halides is 1. The molecule has 5 heteroatoms. The van der Waals surface area contributed by atoms with Gasteiger partial charge in [-0.25, -0.2) is 0 Å². The number of anilines is 1. The van der Waals surface area contributed by atoms with Crippen molar-refractivity contribution < 1.29 is 4.79 Å². The summed E-state index contributed by atoms with van der Waals surface area (Å²) in [5.74, 6) is -0.326. The van der Waals surface area contributed by atoms with Gasteiger partial charge in [-0.3, -0.25) is 4.79 Å². The number of nitrogens with zero attached hydrogens (tertiary/aromatic N) is 2. The molecule has 1 aromatic carbocycles. The van der Waals surface area contributed by atoms with Crippen LogP contribution in [-0.2, 0) is 4.79 Å². The van der Waals surface area contributed by atoms with Crippen LogP contribution in [0.3, 0.4) is 0 Å². The van der Waals surface area contributed by atoms with E-state index in [4.69, 9.17) is 28.5 Å². The quantitative estimate of drug-likeness (QED) is 0.778. The van der Waals surface area contributed by atoms with Crippen molar-refractivity contribution in [3.63, 3.8) is 0 Å². The van der Waals surface area contributed by atoms with Crippen molar-refractivity contribution in [2.24, 2.45) is 0 Å². The Morgan fingerprint density at radius 1 is 1.38 bits per heavy atom. The Kier molecular flexibility index (Phi) is 5.10. The van der Waals surface area contributed by atoms with E-state index < -0.39 is 0 Å². The van der Waals surface area contributed by atoms with E-state index in [2.05, 4.69) is 0 Å². The van der Waals surface area contributed by atoms with Gasteiger partial charge in [-0.15, -0.1) is 11.6 Å². The second-order valence-corrected chi connectivity index (χ2v) is 3.77. The number of hydrogen-bond acceptors (Lipinski definition) is 2. The van der Waals surface area contributed by atoms with E-state index >= 15 is 0 Å². The first-order valence-corrected chi connectivity index (χ1v) is 5.59. The first-order chi connectivity index (χ1) is 7.69. The van der Waals surface area contributed by atoms with E-state index in [1.807, 2.05) is 6.07 Å². The minimum atomic E-state index is -0.223. The van der Waals surface area contributed by atoms with Crippen LogP contribution in [0.2, 0.25) is 5.02 Å². The van der Waals surface area contributed by atoms with Gasteiger partial charge in [0.25, 0.3) is 0 Å². The van der Waals surface area contributed by atoms with E-state index in [9.17, 15) is 4.79 Å². The predicted octanol–water partition coefficient (Wildman–Crippen LogP) is 2.83. The van der Waals surface area contributed by atoms with Crippen molar-refractivity contribution in [2.75, 3.05) is 17.3 Å². The lowest BCUT2D eigenvalue weighted by Crippen LogP contribution is -2.32. The average molecular weight is 257 g/mol. The largest absolute Gasteiger partial charge is 0.310 e. The smallest absolute Gasteiger partial charge is 0.241 e. The molecular weight excluding hydrogens is 247 g/mol. The van der Waals surface area contributed by atoms with Crippen molar-refractivity contribution in [3.05, 3.63) is 29.3 Å². The first kappa shape index (κ1) is 12.8. The molecule has 0 fully saturated rings. The summed E-state index contributed by atoms with van der Waals surface area (Å²) in [5, 5.41) is 9.12. The zero-order valence-electron chi connectivity index (χ0n) is 8.49. The molecular formula is C11H10Cl2N2O. The lowest BCUT2D eigenvalue weighted by molar-refractivity contribution is -0.116. The molecule has 0 spiro atoms. The number of nitriles is 1. The molecule has 3 nitrogen and oxygen atoms in total. The van der Waals surface area contributed by atoms with E-state index in [0.29, 0.717) is 17.3 Å². The van der Waals surface area contributed by atoms with E-state index in [1.54, 1.807) is 24.3 Å². The van der Waals surface area contributed by atoms with Crippen LogP contribution < -0.4 is 4.90 Å². The van der Waals surface area contributed by atoms with Gasteiger partial charge in [-0.1, -0.05) is 11.6 Å². The molecule has 1 rings (SSSR count). The SMILES string of the molecule is N#CCCN(C(=O)CCl)c1ccc(Cl)cc1. The highest BCUT2D eigenvalue weighted by molar-refractivity contribution is 6.31. The number of carbonyl (C=O) groups is 1. The highest BCUT2D eigenvalue weighted by Crippen LogP contribution is 2.18. The summed E-state index contributed by atoms with van der Waals surface area (Å²) < 4.78 is 0. The molecule has 1 aromatic rings. The molecule has 0 heterocycles. The third-order valence-electron chi connectivity index (χ3n) is 2.00. The van der Waals surface area contributed by atoms with Crippen molar-refractivity contribution in [2.45, 2.75) is 6.42 Å². The van der Waals surface area contributed by atoms with Gasteiger partial charge in [-0.2, -0.15) is 5.26 Å². The maximum atomic E-state index is 11.6. The molecule has 0 aliphatic rings. The van der Waals surface area contributed by atoms with Gasteiger partial charge in [0.05, 0.1) is 12.5 Å². The van der Waals surface area contributed by atoms with E-state index in [1.165, 1.54) is 4.90 Å². The highest BCUT2D eigenvalue weighted by atomic mass is 35.5. The Hall–Kier alpha value is -1.24. The topological polar surface area (TPSA) is 44.1 Å². The maximum absolute atomic E-state index is 11.6. The molecule has 84 valence electrons. The Labute approximate surface area is 104 Å². The van der Waals surface area contributed by atoms with Gasteiger partial charge in [0.15, 0.2) is 0 Å². The van der Waals surface area contributed by atoms with Crippen LogP contribution in [0.4, 0.5) is 5.69 Å². The van der Waals surface area contributed by atoms with Gasteiger partial charge in [0, 0.05) is 17.3 Å². The van der Waals surface area contributed by atoms with Crippen LogP contribution in [0.5, 0.6) is 0 Å². The first-order valence-electron chi connectivity index (χ1n) is 4.68. The minimum Gasteiger partial charge on any atom is -0.310 e. The second kappa shape index (κ2) is 6.37. The fraction of sp³-hybridized carbons (Fsp3) is 0.273. The molecule has 0 N–H and O–H groups in total. The molecule has 0 radical (unpaired) electrons. The molecule has 0 saturated heterocycles. The number of halogens is 2. The minimum absolute atomic E-state index is 0.103. The zero-order valence-corrected chi connectivity index (χ0v) is 10.0. The van der Waals surface area contributed by atoms with Gasteiger partial charge in [0.1, 0.15) is 5.88 Å². The van der Waals surface area contributed by atoms with Crippen LogP contribution >= 0.6 is 23.2 Å². The lowest BCUT2D eigenvalue weighted by atomic mass is 10.2. The highest BCUT2D eigenvalue weighted by Gasteiger charge is 2.13. The molecule has 0 atom stereocenters. The molecule has 0 aliphatic heterocycles. The Balaban J connectivity index is 2.88. The normalized spacial score (nSPS) is 9.56. The van der Waals surface area contributed by atoms with Crippen molar-refractivity contribution in [1.29, 1.82) is 5.26 Å². The second-order valence-electron chi connectivity index (χ2n) is 3.06. The monoisotopic (exact) mass is 256 g/mol. The molecule has 0 saturated carbocycles. The average Bonchev–Trinajstić information content (AvgIpc) is 2.31. The van der Waals surface area contributed by atoms with Gasteiger partial charge in [-0.05, 0) is 24.3 Å². The molecule has 0 unspecified atom stereocenters. The molecule has 1 amide bonds. The Morgan fingerprint density at radius 2 is 2.00 bits per heavy atom. The Morgan fingerprint density at radius 3 is 2.50 bits per heavy atom. The number of benzene rings is 1. The third kappa shape index (κ3) is 3.41. The van der Waals surface area contributed by atoms with Crippen molar-refractivity contribution >= 4 is 34.8 Å². The molecule has 0 aromatic heterocycles. The van der Waals surface area contributed by atoms with Crippen LogP contribution in [0.25, 0.3) is 0 Å². The summed E-state index contributed by atoms with van der Waals surface area (Å²) in [6.45, 7) is 0.337. The number of carbonyl (C=O) groups excluding carboxylic acids is 1. The molecule has 16 heavy (non-hydrogen) atoms. The summed E-state index contributed by atoms with van der Waals surface area (Å²) >= 11 is 11.3. The summed E-state index contributed by atoms with van der Waals surface area (Å²) in [4.78, 5) is 13.0.